The van der Waals surface area contributed by atoms with Crippen LogP contribution in [0, 0.1) is 11.8 Å². The summed E-state index contributed by atoms with van der Waals surface area (Å²) in [6, 6.07) is 7.70. The van der Waals surface area contributed by atoms with Gasteiger partial charge < -0.3 is 11.1 Å². The molecule has 1 aliphatic carbocycles. The molecule has 1 aromatic rings. The first kappa shape index (κ1) is 13.6. The van der Waals surface area contributed by atoms with Gasteiger partial charge in [0.15, 0.2) is 0 Å². The van der Waals surface area contributed by atoms with Gasteiger partial charge in [-0.05, 0) is 37.1 Å². The van der Waals surface area contributed by atoms with Crippen molar-refractivity contribution in [1.82, 2.24) is 5.32 Å². The van der Waals surface area contributed by atoms with E-state index in [0.717, 1.165) is 18.4 Å². The van der Waals surface area contributed by atoms with Crippen molar-refractivity contribution in [1.29, 1.82) is 0 Å². The van der Waals surface area contributed by atoms with Crippen LogP contribution < -0.4 is 11.1 Å². The smallest absolute Gasteiger partial charge is 0.251 e. The van der Waals surface area contributed by atoms with Gasteiger partial charge in [0.05, 0.1) is 6.54 Å². The zero-order valence-electron chi connectivity index (χ0n) is 11.1. The predicted molar refractivity (Wildman–Crippen MR) is 76.7 cm³/mol. The largest absolute Gasteiger partial charge is 0.349 e. The molecule has 1 aromatic carbocycles. The van der Waals surface area contributed by atoms with Crippen molar-refractivity contribution >= 4 is 5.91 Å². The first-order valence-electron chi connectivity index (χ1n) is 6.89. The lowest BCUT2D eigenvalue weighted by atomic mass is 9.95. The summed E-state index contributed by atoms with van der Waals surface area (Å²) in [5.74, 6) is 5.76. The second kappa shape index (κ2) is 6.96. The number of carbonyl (C=O) groups excluding carboxylic acids is 1. The summed E-state index contributed by atoms with van der Waals surface area (Å²) in [4.78, 5) is 12.1. The average Bonchev–Trinajstić information content (AvgIpc) is 2.46. The number of amides is 1. The van der Waals surface area contributed by atoms with E-state index in [9.17, 15) is 4.79 Å². The third kappa shape index (κ3) is 4.11. The molecule has 1 fully saturated rings. The van der Waals surface area contributed by atoms with Crippen molar-refractivity contribution < 1.29 is 4.79 Å². The lowest BCUT2D eigenvalue weighted by molar-refractivity contribution is 0.0927. The fourth-order valence-electron chi connectivity index (χ4n) is 2.37. The summed E-state index contributed by atoms with van der Waals surface area (Å²) < 4.78 is 0. The molecule has 19 heavy (non-hydrogen) atoms. The number of carbonyl (C=O) groups is 1. The fraction of sp³-hybridized carbons (Fsp3) is 0.438. The van der Waals surface area contributed by atoms with Gasteiger partial charge >= 0.3 is 0 Å². The average molecular weight is 256 g/mol. The Morgan fingerprint density at radius 3 is 2.53 bits per heavy atom. The van der Waals surface area contributed by atoms with Crippen LogP contribution in [0.15, 0.2) is 24.3 Å². The molecule has 1 amide bonds. The standard InChI is InChI=1S/C16H20N2O/c17-12-4-5-13-8-10-14(11-9-13)16(19)18-15-6-2-1-3-7-15/h8-11,15H,1-3,6-7,12,17H2,(H,18,19). The summed E-state index contributed by atoms with van der Waals surface area (Å²) >= 11 is 0. The van der Waals surface area contributed by atoms with E-state index in [4.69, 9.17) is 5.73 Å². The van der Waals surface area contributed by atoms with E-state index >= 15 is 0 Å². The van der Waals surface area contributed by atoms with Crippen LogP contribution in [0.1, 0.15) is 48.0 Å². The minimum absolute atomic E-state index is 0.0187. The normalized spacial score (nSPS) is 15.4. The Labute approximate surface area is 114 Å². The van der Waals surface area contributed by atoms with Gasteiger partial charge in [-0.25, -0.2) is 0 Å². The third-order valence-electron chi connectivity index (χ3n) is 3.42. The summed E-state index contributed by atoms with van der Waals surface area (Å²) in [5.41, 5.74) is 6.91. The molecule has 1 aliphatic rings. The molecular weight excluding hydrogens is 236 g/mol. The number of rotatable bonds is 2. The van der Waals surface area contributed by atoms with Gasteiger partial charge in [-0.1, -0.05) is 31.1 Å². The minimum atomic E-state index is 0.0187. The molecule has 0 unspecified atom stereocenters. The van der Waals surface area contributed by atoms with Crippen LogP contribution in [0.25, 0.3) is 0 Å². The highest BCUT2D eigenvalue weighted by atomic mass is 16.1. The summed E-state index contributed by atoms with van der Waals surface area (Å²) in [6.07, 6.45) is 5.94. The van der Waals surface area contributed by atoms with E-state index in [1.54, 1.807) is 0 Å². The molecule has 0 heterocycles. The molecule has 3 N–H and O–H groups in total. The van der Waals surface area contributed by atoms with Crippen molar-refractivity contribution in [2.75, 3.05) is 6.54 Å². The quantitative estimate of drug-likeness (QED) is 0.796. The summed E-state index contributed by atoms with van der Waals surface area (Å²) in [7, 11) is 0. The Morgan fingerprint density at radius 1 is 1.21 bits per heavy atom. The maximum absolute atomic E-state index is 12.1. The molecule has 100 valence electrons. The highest BCUT2D eigenvalue weighted by Gasteiger charge is 2.16. The van der Waals surface area contributed by atoms with E-state index in [1.165, 1.54) is 19.3 Å². The Balaban J connectivity index is 1.95. The van der Waals surface area contributed by atoms with E-state index in [-0.39, 0.29) is 5.91 Å². The van der Waals surface area contributed by atoms with Crippen LogP contribution in [0.4, 0.5) is 0 Å². The molecular formula is C16H20N2O. The first-order valence-corrected chi connectivity index (χ1v) is 6.89. The molecule has 0 bridgehead atoms. The number of nitrogens with one attached hydrogen (secondary N) is 1. The van der Waals surface area contributed by atoms with Gasteiger partial charge in [0.2, 0.25) is 0 Å². The molecule has 0 saturated heterocycles. The van der Waals surface area contributed by atoms with Crippen LogP contribution in [0.5, 0.6) is 0 Å². The SMILES string of the molecule is NCC#Cc1ccc(C(=O)NC2CCCCC2)cc1. The van der Waals surface area contributed by atoms with Crippen molar-refractivity contribution in [2.45, 2.75) is 38.1 Å². The second-order valence-electron chi connectivity index (χ2n) is 4.89. The molecule has 2 rings (SSSR count). The Kier molecular flexibility index (Phi) is 5.00. The third-order valence-corrected chi connectivity index (χ3v) is 3.42. The maximum atomic E-state index is 12.1. The number of benzene rings is 1. The Hall–Kier alpha value is -1.79. The van der Waals surface area contributed by atoms with E-state index < -0.39 is 0 Å². The minimum Gasteiger partial charge on any atom is -0.349 e. The highest BCUT2D eigenvalue weighted by molar-refractivity contribution is 5.94. The van der Waals surface area contributed by atoms with Crippen LogP contribution in [0.3, 0.4) is 0 Å². The molecule has 3 heteroatoms. The van der Waals surface area contributed by atoms with Crippen LogP contribution in [-0.4, -0.2) is 18.5 Å². The van der Waals surface area contributed by atoms with Crippen LogP contribution >= 0.6 is 0 Å². The van der Waals surface area contributed by atoms with Gasteiger partial charge in [-0.15, -0.1) is 0 Å². The predicted octanol–water partition coefficient (Wildman–Crippen LogP) is 2.06. The molecule has 0 radical (unpaired) electrons. The maximum Gasteiger partial charge on any atom is 0.251 e. The van der Waals surface area contributed by atoms with Crippen molar-refractivity contribution in [3.8, 4) is 11.8 Å². The van der Waals surface area contributed by atoms with Gasteiger partial charge in [-0.2, -0.15) is 0 Å². The molecule has 0 spiro atoms. The Bertz CT molecular complexity index is 476. The van der Waals surface area contributed by atoms with Crippen molar-refractivity contribution in [3.63, 3.8) is 0 Å². The molecule has 0 atom stereocenters. The Morgan fingerprint density at radius 2 is 1.89 bits per heavy atom. The lowest BCUT2D eigenvalue weighted by Crippen LogP contribution is -2.36. The molecule has 0 aromatic heterocycles. The zero-order chi connectivity index (χ0) is 13.5. The van der Waals surface area contributed by atoms with Gasteiger partial charge in [0.25, 0.3) is 5.91 Å². The summed E-state index contributed by atoms with van der Waals surface area (Å²) in [5, 5.41) is 3.10. The highest BCUT2D eigenvalue weighted by Crippen LogP contribution is 2.17. The molecule has 3 nitrogen and oxygen atoms in total. The number of nitrogens with two attached hydrogens (primary N) is 1. The van der Waals surface area contributed by atoms with E-state index in [2.05, 4.69) is 17.2 Å². The number of hydrogen-bond acceptors (Lipinski definition) is 2. The summed E-state index contributed by atoms with van der Waals surface area (Å²) in [6.45, 7) is 0.351. The van der Waals surface area contributed by atoms with E-state index in [1.807, 2.05) is 24.3 Å². The molecule has 0 aliphatic heterocycles. The second-order valence-corrected chi connectivity index (χ2v) is 4.89. The van der Waals surface area contributed by atoms with Gasteiger partial charge in [0.1, 0.15) is 0 Å². The fourth-order valence-corrected chi connectivity index (χ4v) is 2.37. The topological polar surface area (TPSA) is 55.1 Å². The molecule has 1 saturated carbocycles. The number of hydrogen-bond donors (Lipinski definition) is 2. The van der Waals surface area contributed by atoms with Crippen molar-refractivity contribution in [3.05, 3.63) is 35.4 Å². The van der Waals surface area contributed by atoms with Crippen LogP contribution in [-0.2, 0) is 0 Å². The van der Waals surface area contributed by atoms with Gasteiger partial charge in [0, 0.05) is 17.2 Å². The van der Waals surface area contributed by atoms with Gasteiger partial charge in [-0.3, -0.25) is 4.79 Å². The monoisotopic (exact) mass is 256 g/mol. The van der Waals surface area contributed by atoms with Crippen LogP contribution in [0.2, 0.25) is 0 Å². The van der Waals surface area contributed by atoms with Crippen molar-refractivity contribution in [2.24, 2.45) is 5.73 Å². The van der Waals surface area contributed by atoms with E-state index in [0.29, 0.717) is 18.2 Å². The first-order chi connectivity index (χ1) is 9.29. The lowest BCUT2D eigenvalue weighted by Gasteiger charge is -2.22. The zero-order valence-corrected chi connectivity index (χ0v) is 11.1.